The van der Waals surface area contributed by atoms with Gasteiger partial charge in [0.15, 0.2) is 24.6 Å². The van der Waals surface area contributed by atoms with E-state index in [2.05, 4.69) is 173 Å². The number of carboxylic acids is 1. The second-order valence-corrected chi connectivity index (χ2v) is 19.8. The number of hydrogen-bond donors (Lipinski definition) is 3. The highest BCUT2D eigenvalue weighted by atomic mass is 16.7. The number of carboxylic acid groups (broad SMARTS) is 1. The Labute approximate surface area is 488 Å². The predicted octanol–water partition coefficient (Wildman–Crippen LogP) is 16.1. The molecule has 1 aliphatic rings. The normalized spacial score (nSPS) is 18.9. The second kappa shape index (κ2) is 54.9. The van der Waals surface area contributed by atoms with Crippen molar-refractivity contribution >= 4 is 23.9 Å². The Balaban J connectivity index is 2.76. The molecule has 12 nitrogen and oxygen atoms in total. The number of carbonyl (C=O) groups is 4. The molecule has 0 amide bonds. The number of rotatable bonds is 49. The zero-order valence-electron chi connectivity index (χ0n) is 49.7. The molecule has 0 radical (unpaired) electrons. The number of aliphatic carboxylic acids is 1. The smallest absolute Gasteiger partial charge is 0.335 e. The lowest BCUT2D eigenvalue weighted by Gasteiger charge is -2.40. The van der Waals surface area contributed by atoms with E-state index in [0.29, 0.717) is 25.7 Å². The van der Waals surface area contributed by atoms with Gasteiger partial charge >= 0.3 is 23.9 Å². The molecule has 0 aromatic rings. The Bertz CT molecular complexity index is 2010. The van der Waals surface area contributed by atoms with Gasteiger partial charge in [-0.15, -0.1) is 0 Å². The van der Waals surface area contributed by atoms with E-state index in [9.17, 15) is 34.5 Å². The molecule has 1 aliphatic heterocycles. The lowest BCUT2D eigenvalue weighted by atomic mass is 9.98. The summed E-state index contributed by atoms with van der Waals surface area (Å²) in [4.78, 5) is 51.2. The van der Waals surface area contributed by atoms with Gasteiger partial charge in [-0.1, -0.05) is 204 Å². The van der Waals surface area contributed by atoms with Crippen molar-refractivity contribution in [2.75, 3.05) is 13.2 Å². The number of ether oxygens (including phenoxy) is 5. The third-order valence-electron chi connectivity index (χ3n) is 12.6. The molecule has 0 bridgehead atoms. The fraction of sp³-hybridized carbons (Fsp3) is 0.565. The van der Waals surface area contributed by atoms with Crippen molar-refractivity contribution in [1.82, 2.24) is 0 Å². The quantitative estimate of drug-likeness (QED) is 0.0228. The zero-order chi connectivity index (χ0) is 58.9. The zero-order valence-corrected chi connectivity index (χ0v) is 49.7. The van der Waals surface area contributed by atoms with E-state index >= 15 is 0 Å². The van der Waals surface area contributed by atoms with E-state index in [-0.39, 0.29) is 25.9 Å². The molecule has 6 unspecified atom stereocenters. The molecule has 81 heavy (non-hydrogen) atoms. The summed E-state index contributed by atoms with van der Waals surface area (Å²) in [6.07, 6.45) is 67.8. The van der Waals surface area contributed by atoms with E-state index in [4.69, 9.17) is 23.7 Å². The molecular formula is C69H104O12. The van der Waals surface area contributed by atoms with E-state index in [0.717, 1.165) is 135 Å². The summed E-state index contributed by atoms with van der Waals surface area (Å²) in [6, 6.07) is 0. The molecule has 1 rings (SSSR count). The topological polar surface area (TPSA) is 175 Å². The fourth-order valence-electron chi connectivity index (χ4n) is 8.03. The lowest BCUT2D eigenvalue weighted by molar-refractivity contribution is -0.301. The van der Waals surface area contributed by atoms with Crippen LogP contribution in [0.2, 0.25) is 0 Å². The molecule has 0 aromatic carbocycles. The van der Waals surface area contributed by atoms with Crippen molar-refractivity contribution in [1.29, 1.82) is 0 Å². The van der Waals surface area contributed by atoms with Gasteiger partial charge in [0.25, 0.3) is 0 Å². The van der Waals surface area contributed by atoms with Crippen LogP contribution in [0.25, 0.3) is 0 Å². The number of hydrogen-bond acceptors (Lipinski definition) is 11. The standard InChI is InChI=1S/C69H104O12/c1-4-7-10-13-16-19-22-25-28-30-31-33-36-39-42-45-48-51-54-57-63(72)80-67-65(74)64(73)66(68(75)76)81-69(67)78-59-60(79-62(71)56-53-50-47-44-41-38-34-27-24-21-18-15-12-9-6-3)58-77-61(70)55-52-49-46-43-40-37-35-32-29-26-23-20-17-14-11-8-5-2/h7-12,16-21,25-29,31,33-35,37,39,42-43,46,60,64-67,69,73-74H,4-6,13-15,22-24,30,32,36,38,40-41,44-45,47-59H2,1-3H3,(H,75,76)/b10-7-,11-8-,12-9-,19-16-,20-17-,21-18-,28-25-,29-26-,33-31-,34-27-,37-35-,42-39-,46-43-. The largest absolute Gasteiger partial charge is 0.479 e. The van der Waals surface area contributed by atoms with Gasteiger partial charge in [0.2, 0.25) is 0 Å². The number of aliphatic hydroxyl groups excluding tert-OH is 2. The summed E-state index contributed by atoms with van der Waals surface area (Å²) in [5.74, 6) is -3.29. The van der Waals surface area contributed by atoms with Gasteiger partial charge < -0.3 is 39.0 Å². The first-order valence-corrected chi connectivity index (χ1v) is 30.5. The van der Waals surface area contributed by atoms with Crippen LogP contribution in [0.4, 0.5) is 0 Å². The van der Waals surface area contributed by atoms with Crippen LogP contribution in [0.1, 0.15) is 201 Å². The highest BCUT2D eigenvalue weighted by molar-refractivity contribution is 5.74. The average Bonchev–Trinajstić information content (AvgIpc) is 3.54. The number of unbranched alkanes of at least 4 members (excludes halogenated alkanes) is 9. The molecule has 1 saturated heterocycles. The summed E-state index contributed by atoms with van der Waals surface area (Å²) >= 11 is 0. The Kier molecular flexibility index (Phi) is 49.7. The minimum Gasteiger partial charge on any atom is -0.479 e. The van der Waals surface area contributed by atoms with Crippen LogP contribution in [0.5, 0.6) is 0 Å². The van der Waals surface area contributed by atoms with Gasteiger partial charge in [-0.3, -0.25) is 14.4 Å². The first kappa shape index (κ1) is 73.4. The minimum absolute atomic E-state index is 0.00379. The van der Waals surface area contributed by atoms with Crippen LogP contribution in [0, 0.1) is 0 Å². The van der Waals surface area contributed by atoms with Crippen molar-refractivity contribution in [2.24, 2.45) is 0 Å². The van der Waals surface area contributed by atoms with E-state index in [1.165, 1.54) is 0 Å². The summed E-state index contributed by atoms with van der Waals surface area (Å²) in [5.41, 5.74) is 0. The van der Waals surface area contributed by atoms with Gasteiger partial charge in [-0.25, -0.2) is 4.79 Å². The maximum Gasteiger partial charge on any atom is 0.335 e. The Morgan fingerprint density at radius 1 is 0.407 bits per heavy atom. The Morgan fingerprint density at radius 3 is 1.17 bits per heavy atom. The summed E-state index contributed by atoms with van der Waals surface area (Å²) in [5, 5.41) is 31.5. The second-order valence-electron chi connectivity index (χ2n) is 19.8. The summed E-state index contributed by atoms with van der Waals surface area (Å²) in [7, 11) is 0. The van der Waals surface area contributed by atoms with Gasteiger partial charge in [-0.05, 0) is 135 Å². The van der Waals surface area contributed by atoms with Gasteiger partial charge in [0, 0.05) is 19.3 Å². The monoisotopic (exact) mass is 1120 g/mol. The van der Waals surface area contributed by atoms with Crippen LogP contribution in [0.15, 0.2) is 158 Å². The first-order chi connectivity index (χ1) is 39.6. The molecular weight excluding hydrogens is 1020 g/mol. The first-order valence-electron chi connectivity index (χ1n) is 30.5. The van der Waals surface area contributed by atoms with E-state index in [1.807, 2.05) is 6.08 Å². The highest BCUT2D eigenvalue weighted by Gasteiger charge is 2.50. The molecule has 3 N–H and O–H groups in total. The van der Waals surface area contributed by atoms with Gasteiger partial charge in [-0.2, -0.15) is 0 Å². The van der Waals surface area contributed by atoms with Gasteiger partial charge in [0.05, 0.1) is 6.61 Å². The number of allylic oxidation sites excluding steroid dienone is 26. The van der Waals surface area contributed by atoms with Crippen LogP contribution < -0.4 is 0 Å². The van der Waals surface area contributed by atoms with E-state index < -0.39 is 67.3 Å². The Hall–Kier alpha value is -5.66. The highest BCUT2D eigenvalue weighted by Crippen LogP contribution is 2.26. The molecule has 452 valence electrons. The van der Waals surface area contributed by atoms with E-state index in [1.54, 1.807) is 0 Å². The van der Waals surface area contributed by atoms with Crippen molar-refractivity contribution in [3.63, 3.8) is 0 Å². The number of aliphatic hydroxyl groups is 2. The molecule has 6 atom stereocenters. The van der Waals surface area contributed by atoms with Crippen LogP contribution in [-0.2, 0) is 42.9 Å². The molecule has 0 spiro atoms. The summed E-state index contributed by atoms with van der Waals surface area (Å²) in [6.45, 7) is 5.56. The predicted molar refractivity (Wildman–Crippen MR) is 330 cm³/mol. The van der Waals surface area contributed by atoms with Crippen LogP contribution in [-0.4, -0.2) is 89.2 Å². The molecule has 1 heterocycles. The molecule has 0 saturated carbocycles. The fourth-order valence-corrected chi connectivity index (χ4v) is 8.03. The van der Waals surface area contributed by atoms with Crippen molar-refractivity contribution in [3.05, 3.63) is 158 Å². The molecule has 1 fully saturated rings. The number of esters is 3. The summed E-state index contributed by atoms with van der Waals surface area (Å²) < 4.78 is 28.4. The van der Waals surface area contributed by atoms with Crippen molar-refractivity contribution in [3.8, 4) is 0 Å². The third kappa shape index (κ3) is 44.7. The molecule has 0 aliphatic carbocycles. The third-order valence-corrected chi connectivity index (χ3v) is 12.6. The number of carbonyl (C=O) groups excluding carboxylic acids is 3. The van der Waals surface area contributed by atoms with Crippen LogP contribution >= 0.6 is 0 Å². The molecule has 12 heteroatoms. The van der Waals surface area contributed by atoms with Gasteiger partial charge in [0.1, 0.15) is 18.8 Å². The Morgan fingerprint density at radius 2 is 0.753 bits per heavy atom. The maximum absolute atomic E-state index is 13.2. The molecule has 0 aromatic heterocycles. The van der Waals surface area contributed by atoms with Crippen LogP contribution in [0.3, 0.4) is 0 Å². The lowest BCUT2D eigenvalue weighted by Crippen LogP contribution is -2.61. The van der Waals surface area contributed by atoms with Crippen molar-refractivity contribution < 1.29 is 58.2 Å². The van der Waals surface area contributed by atoms with Crippen molar-refractivity contribution in [2.45, 2.75) is 237 Å². The maximum atomic E-state index is 13.2. The minimum atomic E-state index is -1.94. The average molecular weight is 1130 g/mol. The SMILES string of the molecule is CC/C=C\C/C=C\C/C=C\C/C=C\C/C=C\CCCCCC(=O)OC1C(OCC(COC(=O)CCC/C=C\C/C=C\C/C=C\C/C=C\C/C=C\CC)OC(=O)CCCCCCC/C=C\C/C=C\C/C=C\CC)OC(C(=O)O)C(O)C1O.